The summed E-state index contributed by atoms with van der Waals surface area (Å²) in [7, 11) is -2.13. The van der Waals surface area contributed by atoms with Crippen LogP contribution in [0.3, 0.4) is 0 Å². The maximum Gasteiger partial charge on any atom is 0.306 e. The lowest BCUT2D eigenvalue weighted by molar-refractivity contribution is -0.148. The minimum absolute atomic E-state index is 0.0476. The molecule has 8 heteroatoms. The Balaban J connectivity index is 1.43. The van der Waals surface area contributed by atoms with Gasteiger partial charge in [0.25, 0.3) is 5.91 Å². The van der Waals surface area contributed by atoms with Gasteiger partial charge in [0.05, 0.1) is 10.9 Å². The third kappa shape index (κ3) is 5.67. The number of carbonyl (C=O) groups excluding carboxylic acids is 2. The van der Waals surface area contributed by atoms with Crippen LogP contribution in [-0.2, 0) is 37.2 Å². The van der Waals surface area contributed by atoms with E-state index in [2.05, 4.69) is 16.1 Å². The Morgan fingerprint density at radius 2 is 1.83 bits per heavy atom. The number of amides is 1. The lowest BCUT2D eigenvalue weighted by Gasteiger charge is -2.26. The molecule has 1 aliphatic carbocycles. The molecule has 0 saturated heterocycles. The Hall–Kier alpha value is -2.71. The summed E-state index contributed by atoms with van der Waals surface area (Å²) in [4.78, 5) is 24.3. The number of sulfonamides is 1. The zero-order valence-electron chi connectivity index (χ0n) is 16.9. The third-order valence-electron chi connectivity index (χ3n) is 5.19. The summed E-state index contributed by atoms with van der Waals surface area (Å²) in [6, 6.07) is 14.3. The number of fused-ring (bicyclic) bond motifs is 1. The second kappa shape index (κ2) is 9.86. The van der Waals surface area contributed by atoms with Crippen LogP contribution in [0.2, 0.25) is 0 Å². The molecule has 0 radical (unpaired) electrons. The lowest BCUT2D eigenvalue weighted by atomic mass is 9.88. The van der Waals surface area contributed by atoms with Crippen LogP contribution in [-0.4, -0.2) is 33.9 Å². The van der Waals surface area contributed by atoms with Crippen molar-refractivity contribution in [1.82, 2.24) is 10.0 Å². The minimum atomic E-state index is -3.48. The fourth-order valence-electron chi connectivity index (χ4n) is 3.56. The molecule has 1 aliphatic rings. The lowest BCUT2D eigenvalue weighted by Crippen LogP contribution is -2.34. The first-order chi connectivity index (χ1) is 14.4. The number of hydrogen-bond donors (Lipinski definition) is 2. The Morgan fingerprint density at radius 1 is 1.10 bits per heavy atom. The Bertz CT molecular complexity index is 1000. The van der Waals surface area contributed by atoms with E-state index in [0.717, 1.165) is 30.4 Å². The Morgan fingerprint density at radius 3 is 2.57 bits per heavy atom. The van der Waals surface area contributed by atoms with Crippen LogP contribution in [0.5, 0.6) is 0 Å². The SMILES string of the molecule is CNS(=O)(=O)c1ccc(CCC(=O)OCC(=O)NC2CCCc3ccccc32)cc1. The zero-order valence-corrected chi connectivity index (χ0v) is 17.7. The molecule has 2 aromatic rings. The zero-order chi connectivity index (χ0) is 21.6. The number of esters is 1. The number of ether oxygens (including phenoxy) is 1. The number of benzene rings is 2. The quantitative estimate of drug-likeness (QED) is 0.626. The summed E-state index contributed by atoms with van der Waals surface area (Å²) in [6.07, 6.45) is 3.40. The predicted molar refractivity (Wildman–Crippen MR) is 112 cm³/mol. The summed E-state index contributed by atoms with van der Waals surface area (Å²) in [5.41, 5.74) is 3.19. The second-order valence-corrected chi connectivity index (χ2v) is 9.11. The highest BCUT2D eigenvalue weighted by atomic mass is 32.2. The molecule has 1 atom stereocenters. The molecular weight excluding hydrogens is 404 g/mol. The van der Waals surface area contributed by atoms with Gasteiger partial charge < -0.3 is 10.1 Å². The highest BCUT2D eigenvalue weighted by Gasteiger charge is 2.21. The first kappa shape index (κ1) is 22.0. The molecule has 2 aromatic carbocycles. The average Bonchev–Trinajstić information content (AvgIpc) is 2.77. The summed E-state index contributed by atoms with van der Waals surface area (Å²) in [6.45, 7) is -0.309. The first-order valence-electron chi connectivity index (χ1n) is 9.94. The average molecular weight is 431 g/mol. The molecule has 0 saturated carbocycles. The van der Waals surface area contributed by atoms with Gasteiger partial charge in [-0.15, -0.1) is 0 Å². The molecule has 0 aliphatic heterocycles. The van der Waals surface area contributed by atoms with Gasteiger partial charge in [0.1, 0.15) is 0 Å². The van der Waals surface area contributed by atoms with Crippen molar-refractivity contribution in [2.24, 2.45) is 0 Å². The number of nitrogens with one attached hydrogen (secondary N) is 2. The fourth-order valence-corrected chi connectivity index (χ4v) is 4.29. The molecule has 3 rings (SSSR count). The van der Waals surface area contributed by atoms with Crippen LogP contribution in [0.4, 0.5) is 0 Å². The van der Waals surface area contributed by atoms with E-state index >= 15 is 0 Å². The first-order valence-corrected chi connectivity index (χ1v) is 11.4. The monoisotopic (exact) mass is 430 g/mol. The topological polar surface area (TPSA) is 102 Å². The number of aryl methyl sites for hydroxylation is 2. The van der Waals surface area contributed by atoms with Gasteiger partial charge in [-0.2, -0.15) is 0 Å². The van der Waals surface area contributed by atoms with Crippen molar-refractivity contribution in [3.8, 4) is 0 Å². The molecule has 0 bridgehead atoms. The van der Waals surface area contributed by atoms with E-state index in [1.807, 2.05) is 18.2 Å². The van der Waals surface area contributed by atoms with Crippen LogP contribution in [0.15, 0.2) is 53.4 Å². The number of rotatable bonds is 8. The third-order valence-corrected chi connectivity index (χ3v) is 6.62. The van der Waals surface area contributed by atoms with Crippen LogP contribution < -0.4 is 10.0 Å². The van der Waals surface area contributed by atoms with E-state index in [0.29, 0.717) is 6.42 Å². The van der Waals surface area contributed by atoms with E-state index in [1.165, 1.54) is 24.7 Å². The van der Waals surface area contributed by atoms with Gasteiger partial charge in [0.2, 0.25) is 10.0 Å². The molecule has 30 heavy (non-hydrogen) atoms. The standard InChI is InChI=1S/C22H26N2O5S/c1-23-30(27,28)18-12-9-16(10-13-18)11-14-22(26)29-15-21(25)24-20-8-4-6-17-5-2-3-7-19(17)20/h2-3,5,7,9-10,12-13,20,23H,4,6,8,11,14-15H2,1H3,(H,24,25). The van der Waals surface area contributed by atoms with Crippen molar-refractivity contribution in [3.05, 3.63) is 65.2 Å². The molecule has 7 nitrogen and oxygen atoms in total. The highest BCUT2D eigenvalue weighted by Crippen LogP contribution is 2.29. The molecular formula is C22H26N2O5S. The maximum absolute atomic E-state index is 12.2. The van der Waals surface area contributed by atoms with Gasteiger partial charge >= 0.3 is 5.97 Å². The van der Waals surface area contributed by atoms with Crippen molar-refractivity contribution in [2.45, 2.75) is 43.0 Å². The van der Waals surface area contributed by atoms with Crippen LogP contribution in [0.1, 0.15) is 42.0 Å². The van der Waals surface area contributed by atoms with E-state index < -0.39 is 16.0 Å². The number of carbonyl (C=O) groups is 2. The van der Waals surface area contributed by atoms with E-state index in [4.69, 9.17) is 4.74 Å². The normalized spacial score (nSPS) is 15.8. The van der Waals surface area contributed by atoms with Gasteiger partial charge in [0.15, 0.2) is 6.61 Å². The van der Waals surface area contributed by atoms with Crippen LogP contribution in [0, 0.1) is 0 Å². The Kier molecular flexibility index (Phi) is 7.23. The maximum atomic E-state index is 12.2. The van der Waals surface area contributed by atoms with E-state index in [-0.39, 0.29) is 29.9 Å². The van der Waals surface area contributed by atoms with Gasteiger partial charge in [0, 0.05) is 6.42 Å². The summed E-state index contributed by atoms with van der Waals surface area (Å²) in [5, 5.41) is 2.95. The van der Waals surface area contributed by atoms with Crippen molar-refractivity contribution in [3.63, 3.8) is 0 Å². The number of hydrogen-bond acceptors (Lipinski definition) is 5. The molecule has 2 N–H and O–H groups in total. The smallest absolute Gasteiger partial charge is 0.306 e. The van der Waals surface area contributed by atoms with Gasteiger partial charge in [-0.1, -0.05) is 36.4 Å². The van der Waals surface area contributed by atoms with Crippen LogP contribution in [0.25, 0.3) is 0 Å². The van der Waals surface area contributed by atoms with Gasteiger partial charge in [-0.3, -0.25) is 9.59 Å². The minimum Gasteiger partial charge on any atom is -0.456 e. The van der Waals surface area contributed by atoms with Crippen molar-refractivity contribution >= 4 is 21.9 Å². The molecule has 0 heterocycles. The summed E-state index contributed by atoms with van der Waals surface area (Å²) >= 11 is 0. The van der Waals surface area contributed by atoms with E-state index in [9.17, 15) is 18.0 Å². The molecule has 0 fully saturated rings. The van der Waals surface area contributed by atoms with Crippen LogP contribution >= 0.6 is 0 Å². The summed E-state index contributed by atoms with van der Waals surface area (Å²) in [5.74, 6) is -0.784. The highest BCUT2D eigenvalue weighted by molar-refractivity contribution is 7.89. The Labute approximate surface area is 176 Å². The van der Waals surface area contributed by atoms with E-state index in [1.54, 1.807) is 12.1 Å². The molecule has 0 spiro atoms. The van der Waals surface area contributed by atoms with Crippen molar-refractivity contribution in [2.75, 3.05) is 13.7 Å². The molecule has 1 amide bonds. The fraction of sp³-hybridized carbons (Fsp3) is 0.364. The van der Waals surface area contributed by atoms with Gasteiger partial charge in [-0.05, 0) is 61.6 Å². The largest absolute Gasteiger partial charge is 0.456 e. The predicted octanol–water partition coefficient (Wildman–Crippen LogP) is 2.26. The molecule has 0 aromatic heterocycles. The van der Waals surface area contributed by atoms with Gasteiger partial charge in [-0.25, -0.2) is 13.1 Å². The molecule has 160 valence electrons. The summed E-state index contributed by atoms with van der Waals surface area (Å²) < 4.78 is 30.8. The van der Waals surface area contributed by atoms with Crippen molar-refractivity contribution in [1.29, 1.82) is 0 Å². The van der Waals surface area contributed by atoms with Crippen molar-refractivity contribution < 1.29 is 22.7 Å². The second-order valence-electron chi connectivity index (χ2n) is 7.22. The molecule has 1 unspecified atom stereocenters.